The normalized spacial score (nSPS) is 12.3. The van der Waals surface area contributed by atoms with Crippen LogP contribution in [0.2, 0.25) is 0 Å². The first-order chi connectivity index (χ1) is 12.7. The van der Waals surface area contributed by atoms with Crippen molar-refractivity contribution in [2.24, 2.45) is 0 Å². The van der Waals surface area contributed by atoms with Gasteiger partial charge >= 0.3 is 5.97 Å². The van der Waals surface area contributed by atoms with Crippen molar-refractivity contribution in [1.29, 1.82) is 0 Å². The van der Waals surface area contributed by atoms with Crippen LogP contribution in [0.5, 0.6) is 0 Å². The van der Waals surface area contributed by atoms with Gasteiger partial charge in [-0.15, -0.1) is 0 Å². The fourth-order valence-corrected chi connectivity index (χ4v) is 3.39. The molecule has 0 saturated heterocycles. The van der Waals surface area contributed by atoms with Crippen LogP contribution >= 0.6 is 0 Å². The van der Waals surface area contributed by atoms with Crippen molar-refractivity contribution in [2.75, 3.05) is 0 Å². The summed E-state index contributed by atoms with van der Waals surface area (Å²) >= 11 is 0. The minimum absolute atomic E-state index is 0.0523. The summed E-state index contributed by atoms with van der Waals surface area (Å²) in [4.78, 5) is 11.8. The average molecular weight is 368 g/mol. The molecule has 1 atom stereocenters. The van der Waals surface area contributed by atoms with E-state index in [4.69, 9.17) is 4.74 Å². The van der Waals surface area contributed by atoms with E-state index < -0.39 is 0 Å². The molecule has 0 aromatic heterocycles. The Morgan fingerprint density at radius 1 is 0.654 bits per heavy atom. The van der Waals surface area contributed by atoms with Crippen LogP contribution in [0.4, 0.5) is 0 Å². The third-order valence-corrected chi connectivity index (χ3v) is 5.16. The number of carbonyl (C=O) groups is 1. The van der Waals surface area contributed by atoms with Gasteiger partial charge in [-0.2, -0.15) is 0 Å². The molecule has 0 bridgehead atoms. The summed E-state index contributed by atoms with van der Waals surface area (Å²) in [5.41, 5.74) is 0. The number of hydrogen-bond donors (Lipinski definition) is 0. The lowest BCUT2D eigenvalue weighted by Gasteiger charge is -2.12. The van der Waals surface area contributed by atoms with Gasteiger partial charge < -0.3 is 4.74 Å². The molecule has 0 heterocycles. The van der Waals surface area contributed by atoms with E-state index in [9.17, 15) is 4.79 Å². The van der Waals surface area contributed by atoms with E-state index in [0.717, 1.165) is 25.7 Å². The Morgan fingerprint density at radius 3 is 1.50 bits per heavy atom. The van der Waals surface area contributed by atoms with Gasteiger partial charge in [0.15, 0.2) is 0 Å². The highest BCUT2D eigenvalue weighted by Gasteiger charge is 2.09. The molecule has 0 aliphatic rings. The second-order valence-corrected chi connectivity index (χ2v) is 7.95. The first-order valence-corrected chi connectivity index (χ1v) is 11.7. The second kappa shape index (κ2) is 20.8. The molecule has 0 aromatic rings. The van der Waals surface area contributed by atoms with Crippen molar-refractivity contribution in [3.05, 3.63) is 6.92 Å². The first-order valence-electron chi connectivity index (χ1n) is 11.7. The largest absolute Gasteiger partial charge is 0.462 e. The van der Waals surface area contributed by atoms with Gasteiger partial charge in [0.2, 0.25) is 0 Å². The Kier molecular flexibility index (Phi) is 20.4. The summed E-state index contributed by atoms with van der Waals surface area (Å²) < 4.78 is 5.39. The summed E-state index contributed by atoms with van der Waals surface area (Å²) in [6.07, 6.45) is 23.5. The summed E-state index contributed by atoms with van der Waals surface area (Å²) in [6, 6.07) is 0. The van der Waals surface area contributed by atoms with Crippen molar-refractivity contribution in [2.45, 2.75) is 142 Å². The van der Waals surface area contributed by atoms with E-state index in [-0.39, 0.29) is 12.1 Å². The highest BCUT2D eigenvalue weighted by molar-refractivity contribution is 5.69. The Morgan fingerprint density at radius 2 is 1.04 bits per heavy atom. The van der Waals surface area contributed by atoms with Crippen LogP contribution in [0.3, 0.4) is 0 Å². The maximum absolute atomic E-state index is 11.8. The molecule has 26 heavy (non-hydrogen) atoms. The van der Waals surface area contributed by atoms with Crippen LogP contribution in [-0.2, 0) is 9.53 Å². The third kappa shape index (κ3) is 19.8. The molecule has 0 aromatic carbocycles. The molecule has 2 nitrogen and oxygen atoms in total. The molecule has 155 valence electrons. The maximum atomic E-state index is 11.8. The molecule has 0 N–H and O–H groups in total. The average Bonchev–Trinajstić information content (AvgIpc) is 2.62. The van der Waals surface area contributed by atoms with Crippen molar-refractivity contribution in [3.63, 3.8) is 0 Å². The molecule has 1 radical (unpaired) electrons. The first kappa shape index (κ1) is 25.5. The van der Waals surface area contributed by atoms with E-state index in [2.05, 4.69) is 20.8 Å². The van der Waals surface area contributed by atoms with E-state index in [1.165, 1.54) is 89.9 Å². The van der Waals surface area contributed by atoms with Crippen LogP contribution in [0.15, 0.2) is 0 Å². The van der Waals surface area contributed by atoms with Crippen molar-refractivity contribution in [1.82, 2.24) is 0 Å². The molecule has 0 aliphatic heterocycles. The van der Waals surface area contributed by atoms with Crippen molar-refractivity contribution >= 4 is 5.97 Å². The zero-order chi connectivity index (χ0) is 19.3. The van der Waals surface area contributed by atoms with Gasteiger partial charge in [0.25, 0.3) is 0 Å². The van der Waals surface area contributed by atoms with Gasteiger partial charge in [0.05, 0.1) is 0 Å². The molecule has 0 fully saturated rings. The molecule has 0 rings (SSSR count). The quantitative estimate of drug-likeness (QED) is 0.160. The second-order valence-electron chi connectivity index (χ2n) is 7.95. The number of hydrogen-bond acceptors (Lipinski definition) is 2. The zero-order valence-corrected chi connectivity index (χ0v) is 18.0. The molecule has 0 saturated carbocycles. The SMILES string of the molecule is [CH2]C(CCCCCC)OC(=O)CCCCCCCCCCCCCCC. The van der Waals surface area contributed by atoms with E-state index >= 15 is 0 Å². The lowest BCUT2D eigenvalue weighted by molar-refractivity contribution is -0.147. The highest BCUT2D eigenvalue weighted by Crippen LogP contribution is 2.14. The van der Waals surface area contributed by atoms with Gasteiger partial charge in [-0.1, -0.05) is 110 Å². The number of esters is 1. The molecule has 1 unspecified atom stereocenters. The van der Waals surface area contributed by atoms with E-state index in [1.54, 1.807) is 0 Å². The summed E-state index contributed by atoms with van der Waals surface area (Å²) in [7, 11) is 0. The minimum atomic E-state index is -0.152. The van der Waals surface area contributed by atoms with Gasteiger partial charge in [-0.25, -0.2) is 0 Å². The zero-order valence-electron chi connectivity index (χ0n) is 18.0. The Hall–Kier alpha value is -0.530. The monoisotopic (exact) mass is 367 g/mol. The topological polar surface area (TPSA) is 26.3 Å². The molecule has 2 heteroatoms. The lowest BCUT2D eigenvalue weighted by Crippen LogP contribution is -2.14. The predicted octanol–water partition coefficient (Wildman–Crippen LogP) is 8.18. The van der Waals surface area contributed by atoms with Crippen LogP contribution in [-0.4, -0.2) is 12.1 Å². The van der Waals surface area contributed by atoms with Gasteiger partial charge in [-0.3, -0.25) is 4.79 Å². The fraction of sp³-hybridized carbons (Fsp3) is 0.917. The molecule has 0 aliphatic carbocycles. The Balaban J connectivity index is 3.25. The highest BCUT2D eigenvalue weighted by atomic mass is 16.5. The van der Waals surface area contributed by atoms with Crippen molar-refractivity contribution in [3.8, 4) is 0 Å². The maximum Gasteiger partial charge on any atom is 0.306 e. The molecular formula is C24H47O2. The summed E-state index contributed by atoms with van der Waals surface area (Å²) in [5, 5.41) is 0. The number of carbonyl (C=O) groups excluding carboxylic acids is 1. The fourth-order valence-electron chi connectivity index (χ4n) is 3.39. The Bertz CT molecular complexity index is 288. The van der Waals surface area contributed by atoms with Crippen molar-refractivity contribution < 1.29 is 9.53 Å². The van der Waals surface area contributed by atoms with Crippen LogP contribution in [0.25, 0.3) is 0 Å². The standard InChI is InChI=1S/C24H47O2/c1-4-6-8-10-11-12-13-14-15-16-17-18-20-22-24(25)26-23(3)21-19-9-7-5-2/h23H,3-22H2,1-2H3. The minimum Gasteiger partial charge on any atom is -0.462 e. The summed E-state index contributed by atoms with van der Waals surface area (Å²) in [5.74, 6) is -0.0523. The van der Waals surface area contributed by atoms with E-state index in [0.29, 0.717) is 6.42 Å². The van der Waals surface area contributed by atoms with Crippen LogP contribution in [0, 0.1) is 6.92 Å². The lowest BCUT2D eigenvalue weighted by atomic mass is 10.0. The summed E-state index contributed by atoms with van der Waals surface area (Å²) in [6.45, 7) is 8.43. The van der Waals surface area contributed by atoms with Gasteiger partial charge in [0, 0.05) is 6.42 Å². The molecule has 0 amide bonds. The van der Waals surface area contributed by atoms with E-state index in [1.807, 2.05) is 0 Å². The molecular weight excluding hydrogens is 320 g/mol. The number of ether oxygens (including phenoxy) is 1. The van der Waals surface area contributed by atoms with Gasteiger partial charge in [-0.05, 0) is 26.2 Å². The predicted molar refractivity (Wildman–Crippen MR) is 114 cm³/mol. The smallest absolute Gasteiger partial charge is 0.306 e. The van der Waals surface area contributed by atoms with Crippen LogP contribution < -0.4 is 0 Å². The van der Waals surface area contributed by atoms with Crippen LogP contribution in [0.1, 0.15) is 136 Å². The third-order valence-electron chi connectivity index (χ3n) is 5.16. The number of rotatable bonds is 20. The number of unbranched alkanes of at least 4 members (excludes halogenated alkanes) is 15. The van der Waals surface area contributed by atoms with Gasteiger partial charge in [0.1, 0.15) is 6.10 Å². The Labute approximate surface area is 164 Å². The molecule has 0 spiro atoms.